The molecular formula is C18H22N2O5S. The lowest BCUT2D eigenvalue weighted by Crippen LogP contribution is -2.43. The van der Waals surface area contributed by atoms with Crippen molar-refractivity contribution in [2.24, 2.45) is 0 Å². The molecule has 0 aromatic heterocycles. The van der Waals surface area contributed by atoms with Crippen LogP contribution in [-0.2, 0) is 21.2 Å². The van der Waals surface area contributed by atoms with Gasteiger partial charge in [-0.1, -0.05) is 19.1 Å². The number of benzene rings is 2. The van der Waals surface area contributed by atoms with E-state index in [9.17, 15) is 13.2 Å². The van der Waals surface area contributed by atoms with Gasteiger partial charge in [-0.3, -0.25) is 10.2 Å². The minimum Gasteiger partial charge on any atom is -0.494 e. The number of ether oxygens (including phenoxy) is 2. The van der Waals surface area contributed by atoms with Gasteiger partial charge in [0.05, 0.1) is 11.5 Å². The smallest absolute Gasteiger partial charge is 0.272 e. The Balaban J connectivity index is 1.86. The van der Waals surface area contributed by atoms with Crippen LogP contribution >= 0.6 is 0 Å². The summed E-state index contributed by atoms with van der Waals surface area (Å²) in [6.07, 6.45) is 0.852. The lowest BCUT2D eigenvalue weighted by molar-refractivity contribution is -0.123. The minimum absolute atomic E-state index is 0.0119. The molecule has 0 aliphatic carbocycles. The highest BCUT2D eigenvalue weighted by atomic mass is 32.2. The van der Waals surface area contributed by atoms with Crippen LogP contribution in [0, 0.1) is 0 Å². The number of aryl methyl sites for hydroxylation is 1. The summed E-state index contributed by atoms with van der Waals surface area (Å²) in [5.74, 6) is 0.508. The van der Waals surface area contributed by atoms with E-state index in [1.165, 1.54) is 12.1 Å². The van der Waals surface area contributed by atoms with Gasteiger partial charge in [-0.05, 0) is 55.3 Å². The van der Waals surface area contributed by atoms with Gasteiger partial charge in [-0.2, -0.15) is 0 Å². The van der Waals surface area contributed by atoms with Crippen molar-refractivity contribution < 1.29 is 22.7 Å². The Hall–Kier alpha value is -2.58. The quantitative estimate of drug-likeness (QED) is 0.651. The Labute approximate surface area is 153 Å². The molecule has 0 spiro atoms. The number of nitrogens with one attached hydrogen (secondary N) is 2. The second-order valence-corrected chi connectivity index (χ2v) is 7.03. The third kappa shape index (κ3) is 5.75. The molecule has 0 aliphatic heterocycles. The molecule has 7 nitrogen and oxygen atoms in total. The third-order valence-electron chi connectivity index (χ3n) is 3.45. The van der Waals surface area contributed by atoms with Crippen LogP contribution in [0.15, 0.2) is 53.4 Å². The molecule has 0 fully saturated rings. The Morgan fingerprint density at radius 2 is 1.73 bits per heavy atom. The first-order valence-corrected chi connectivity index (χ1v) is 9.68. The van der Waals surface area contributed by atoms with Crippen molar-refractivity contribution >= 4 is 15.9 Å². The fraction of sp³-hybridized carbons (Fsp3) is 0.278. The lowest BCUT2D eigenvalue weighted by Gasteiger charge is -2.10. The summed E-state index contributed by atoms with van der Waals surface area (Å²) >= 11 is 0. The van der Waals surface area contributed by atoms with Crippen molar-refractivity contribution in [2.45, 2.75) is 25.2 Å². The molecule has 2 N–H and O–H groups in total. The predicted octanol–water partition coefficient (Wildman–Crippen LogP) is 2.04. The number of rotatable bonds is 9. The largest absolute Gasteiger partial charge is 0.494 e. The molecule has 140 valence electrons. The number of hydrogen-bond donors (Lipinski definition) is 2. The fourth-order valence-corrected chi connectivity index (χ4v) is 2.97. The van der Waals surface area contributed by atoms with Gasteiger partial charge in [0.15, 0.2) is 6.61 Å². The number of amides is 1. The summed E-state index contributed by atoms with van der Waals surface area (Å²) in [4.78, 5) is 13.9. The first-order valence-electron chi connectivity index (χ1n) is 8.20. The van der Waals surface area contributed by atoms with Crippen LogP contribution in [0.2, 0.25) is 0 Å². The maximum Gasteiger partial charge on any atom is 0.272 e. The molecule has 0 saturated heterocycles. The van der Waals surface area contributed by atoms with E-state index in [2.05, 4.69) is 5.43 Å². The third-order valence-corrected chi connectivity index (χ3v) is 4.71. The lowest BCUT2D eigenvalue weighted by atomic mass is 10.2. The minimum atomic E-state index is -3.87. The normalized spacial score (nSPS) is 11.0. The Morgan fingerprint density at radius 3 is 2.38 bits per heavy atom. The summed E-state index contributed by atoms with van der Waals surface area (Å²) in [5, 5.41) is 0. The monoisotopic (exact) mass is 378 g/mol. The highest BCUT2D eigenvalue weighted by Gasteiger charge is 2.15. The Morgan fingerprint density at radius 1 is 1.00 bits per heavy atom. The van der Waals surface area contributed by atoms with Gasteiger partial charge in [0.2, 0.25) is 0 Å². The van der Waals surface area contributed by atoms with Gasteiger partial charge >= 0.3 is 0 Å². The summed E-state index contributed by atoms with van der Waals surface area (Å²) in [6.45, 7) is 4.03. The fourth-order valence-electron chi connectivity index (χ4n) is 2.10. The van der Waals surface area contributed by atoms with Gasteiger partial charge in [0.25, 0.3) is 15.9 Å². The molecule has 2 rings (SSSR count). The predicted molar refractivity (Wildman–Crippen MR) is 97.4 cm³/mol. The zero-order valence-electron chi connectivity index (χ0n) is 14.7. The van der Waals surface area contributed by atoms with Crippen molar-refractivity contribution in [2.75, 3.05) is 13.2 Å². The Kier molecular flexibility index (Phi) is 6.99. The zero-order chi connectivity index (χ0) is 19.0. The van der Waals surface area contributed by atoms with E-state index in [4.69, 9.17) is 9.47 Å². The molecule has 0 unspecified atom stereocenters. The summed E-state index contributed by atoms with van der Waals surface area (Å²) in [6, 6.07) is 13.2. The van der Waals surface area contributed by atoms with Crippen LogP contribution in [0.3, 0.4) is 0 Å². The maximum absolute atomic E-state index is 12.2. The van der Waals surface area contributed by atoms with Crippen LogP contribution in [0.4, 0.5) is 0 Å². The standard InChI is InChI=1S/C18H22N2O5S/c1-3-14-6-5-7-16(12-14)25-13-18(21)19-20-26(22,23)17-10-8-15(9-11-17)24-4-2/h5-12,20H,3-4,13H2,1-2H3,(H,19,21). The molecular weight excluding hydrogens is 356 g/mol. The first kappa shape index (κ1) is 19.7. The second kappa shape index (κ2) is 9.21. The average Bonchev–Trinajstić information content (AvgIpc) is 2.65. The van der Waals surface area contributed by atoms with Gasteiger partial charge in [0.1, 0.15) is 11.5 Å². The van der Waals surface area contributed by atoms with Crippen LogP contribution in [-0.4, -0.2) is 27.5 Å². The van der Waals surface area contributed by atoms with E-state index >= 15 is 0 Å². The van der Waals surface area contributed by atoms with E-state index in [-0.39, 0.29) is 11.5 Å². The van der Waals surface area contributed by atoms with Gasteiger partial charge in [-0.25, -0.2) is 8.42 Å². The van der Waals surface area contributed by atoms with E-state index in [0.29, 0.717) is 18.1 Å². The summed E-state index contributed by atoms with van der Waals surface area (Å²) in [5.41, 5.74) is 3.21. The molecule has 0 radical (unpaired) electrons. The van der Waals surface area contributed by atoms with Crippen molar-refractivity contribution in [3.63, 3.8) is 0 Å². The van der Waals surface area contributed by atoms with Crippen LogP contribution in [0.1, 0.15) is 19.4 Å². The molecule has 2 aromatic rings. The molecule has 0 saturated carbocycles. The van der Waals surface area contributed by atoms with Crippen LogP contribution < -0.4 is 19.7 Å². The highest BCUT2D eigenvalue weighted by Crippen LogP contribution is 2.15. The average molecular weight is 378 g/mol. The molecule has 0 atom stereocenters. The van der Waals surface area contributed by atoms with E-state index in [1.54, 1.807) is 18.2 Å². The molecule has 0 heterocycles. The summed E-state index contributed by atoms with van der Waals surface area (Å²) in [7, 11) is -3.87. The molecule has 0 bridgehead atoms. The van der Waals surface area contributed by atoms with Crippen molar-refractivity contribution in [1.29, 1.82) is 0 Å². The second-order valence-electron chi connectivity index (χ2n) is 5.35. The number of carbonyl (C=O) groups excluding carboxylic acids is 1. The van der Waals surface area contributed by atoms with Crippen LogP contribution in [0.25, 0.3) is 0 Å². The number of hydrogen-bond acceptors (Lipinski definition) is 5. The van der Waals surface area contributed by atoms with E-state index in [0.717, 1.165) is 12.0 Å². The van der Waals surface area contributed by atoms with Crippen molar-refractivity contribution in [3.8, 4) is 11.5 Å². The topological polar surface area (TPSA) is 93.7 Å². The molecule has 1 amide bonds. The number of sulfonamides is 1. The maximum atomic E-state index is 12.2. The van der Waals surface area contributed by atoms with E-state index in [1.807, 2.05) is 36.9 Å². The SMILES string of the molecule is CCOc1ccc(S(=O)(=O)NNC(=O)COc2cccc(CC)c2)cc1. The van der Waals surface area contributed by atoms with Gasteiger partial charge in [0, 0.05) is 0 Å². The Bertz CT molecular complexity index is 835. The van der Waals surface area contributed by atoms with Crippen molar-refractivity contribution in [3.05, 3.63) is 54.1 Å². The molecule has 26 heavy (non-hydrogen) atoms. The molecule has 2 aromatic carbocycles. The van der Waals surface area contributed by atoms with E-state index < -0.39 is 15.9 Å². The van der Waals surface area contributed by atoms with Gasteiger partial charge in [-0.15, -0.1) is 4.83 Å². The zero-order valence-corrected chi connectivity index (χ0v) is 15.5. The molecule has 0 aliphatic rings. The molecule has 8 heteroatoms. The van der Waals surface area contributed by atoms with Gasteiger partial charge < -0.3 is 9.47 Å². The van der Waals surface area contributed by atoms with Crippen molar-refractivity contribution in [1.82, 2.24) is 10.3 Å². The number of carbonyl (C=O) groups is 1. The highest BCUT2D eigenvalue weighted by molar-refractivity contribution is 7.89. The summed E-state index contributed by atoms with van der Waals surface area (Å²) < 4.78 is 34.9. The van der Waals surface area contributed by atoms with Crippen LogP contribution in [0.5, 0.6) is 11.5 Å². The first-order chi connectivity index (χ1) is 12.4. The number of hydrazine groups is 1.